The Bertz CT molecular complexity index is 756. The highest BCUT2D eigenvalue weighted by atomic mass is 32.1. The van der Waals surface area contributed by atoms with Crippen molar-refractivity contribution in [3.63, 3.8) is 0 Å². The fraction of sp³-hybridized carbons (Fsp3) is 0.167. The van der Waals surface area contributed by atoms with Crippen molar-refractivity contribution in [3.05, 3.63) is 34.8 Å². The second-order valence-corrected chi connectivity index (χ2v) is 5.20. The number of hydrogen-bond acceptors (Lipinski definition) is 5. The van der Waals surface area contributed by atoms with Gasteiger partial charge in [0, 0.05) is 11.8 Å². The van der Waals surface area contributed by atoms with E-state index in [9.17, 15) is 31.1 Å². The molecule has 0 saturated carbocycles. The molecule has 130 valence electrons. The van der Waals surface area contributed by atoms with Crippen molar-refractivity contribution >= 4 is 28.1 Å². The number of aromatic carboxylic acids is 1. The van der Waals surface area contributed by atoms with E-state index in [1.165, 1.54) is 12.1 Å². The van der Waals surface area contributed by atoms with Gasteiger partial charge in [0.1, 0.15) is 10.6 Å². The molecule has 2 aromatic rings. The molecule has 0 spiro atoms. The standard InChI is InChI=1S/C12H6F6N2O3S/c13-11(14,15)8-7(9(21)22)24-10(20-8)19-5-2-1-3-6(4-5)23-12(16,17)18/h1-4H,(H,19,20)(H,21,22). The van der Waals surface area contributed by atoms with Gasteiger partial charge in [0.05, 0.1) is 0 Å². The zero-order chi connectivity index (χ0) is 18.1. The van der Waals surface area contributed by atoms with Crippen molar-refractivity contribution in [3.8, 4) is 5.75 Å². The number of anilines is 2. The molecular formula is C12H6F6N2O3S. The van der Waals surface area contributed by atoms with Gasteiger partial charge in [0.2, 0.25) is 0 Å². The van der Waals surface area contributed by atoms with Crippen LogP contribution in [0, 0.1) is 0 Å². The van der Waals surface area contributed by atoms with E-state index in [-0.39, 0.29) is 17.0 Å². The Kier molecular flexibility index (Phi) is 4.60. The fourth-order valence-electron chi connectivity index (χ4n) is 1.61. The van der Waals surface area contributed by atoms with Crippen LogP contribution in [0.4, 0.5) is 37.2 Å². The Morgan fingerprint density at radius 1 is 1.21 bits per heavy atom. The number of carboxylic acid groups (broad SMARTS) is 1. The molecule has 0 unspecified atom stereocenters. The van der Waals surface area contributed by atoms with Crippen molar-refractivity contribution in [2.24, 2.45) is 0 Å². The number of benzene rings is 1. The first-order valence-electron chi connectivity index (χ1n) is 5.90. The molecule has 0 atom stereocenters. The Morgan fingerprint density at radius 3 is 2.38 bits per heavy atom. The van der Waals surface area contributed by atoms with E-state index >= 15 is 0 Å². The lowest BCUT2D eigenvalue weighted by atomic mass is 10.3. The Morgan fingerprint density at radius 2 is 1.88 bits per heavy atom. The molecule has 0 amide bonds. The van der Waals surface area contributed by atoms with Crippen LogP contribution in [0.2, 0.25) is 0 Å². The van der Waals surface area contributed by atoms with Crippen LogP contribution in [0.3, 0.4) is 0 Å². The maximum atomic E-state index is 12.7. The largest absolute Gasteiger partial charge is 0.573 e. The van der Waals surface area contributed by atoms with Crippen molar-refractivity contribution in [1.29, 1.82) is 0 Å². The minimum absolute atomic E-state index is 0.0591. The number of rotatable bonds is 4. The first-order valence-corrected chi connectivity index (χ1v) is 6.71. The van der Waals surface area contributed by atoms with Crippen molar-refractivity contribution in [2.45, 2.75) is 12.5 Å². The second-order valence-electron chi connectivity index (χ2n) is 4.20. The lowest BCUT2D eigenvalue weighted by molar-refractivity contribution is -0.274. The normalized spacial score (nSPS) is 12.1. The third-order valence-electron chi connectivity index (χ3n) is 2.41. The third-order valence-corrected chi connectivity index (χ3v) is 3.37. The quantitative estimate of drug-likeness (QED) is 0.773. The lowest BCUT2D eigenvalue weighted by Gasteiger charge is -2.10. The number of halogens is 6. The number of carbonyl (C=O) groups is 1. The minimum atomic E-state index is -4.98. The molecule has 0 aliphatic rings. The highest BCUT2D eigenvalue weighted by Crippen LogP contribution is 2.37. The van der Waals surface area contributed by atoms with E-state index in [0.29, 0.717) is 0 Å². The molecule has 1 aromatic carbocycles. The van der Waals surface area contributed by atoms with Crippen molar-refractivity contribution < 1.29 is 41.0 Å². The van der Waals surface area contributed by atoms with E-state index < -0.39 is 40.0 Å². The molecule has 5 nitrogen and oxygen atoms in total. The SMILES string of the molecule is O=C(O)c1sc(Nc2cccc(OC(F)(F)F)c2)nc1C(F)(F)F. The number of nitrogens with zero attached hydrogens (tertiary/aromatic N) is 1. The van der Waals surface area contributed by atoms with Gasteiger partial charge in [-0.05, 0) is 12.1 Å². The summed E-state index contributed by atoms with van der Waals surface area (Å²) >= 11 is 0.204. The van der Waals surface area contributed by atoms with Gasteiger partial charge >= 0.3 is 18.5 Å². The zero-order valence-electron chi connectivity index (χ0n) is 11.2. The number of ether oxygens (including phenoxy) is 1. The Balaban J connectivity index is 2.29. The van der Waals surface area contributed by atoms with Crippen LogP contribution in [0.5, 0.6) is 5.75 Å². The van der Waals surface area contributed by atoms with Crippen LogP contribution in [-0.4, -0.2) is 22.4 Å². The molecule has 24 heavy (non-hydrogen) atoms. The molecule has 2 rings (SSSR count). The molecule has 0 aliphatic heterocycles. The fourth-order valence-corrected chi connectivity index (χ4v) is 2.45. The summed E-state index contributed by atoms with van der Waals surface area (Å²) in [4.78, 5) is 12.9. The van der Waals surface area contributed by atoms with Crippen LogP contribution in [0.1, 0.15) is 15.4 Å². The summed E-state index contributed by atoms with van der Waals surface area (Å²) in [7, 11) is 0. The maximum absolute atomic E-state index is 12.7. The Hall–Kier alpha value is -2.50. The molecule has 0 bridgehead atoms. The van der Waals surface area contributed by atoms with Crippen LogP contribution in [0.25, 0.3) is 0 Å². The van der Waals surface area contributed by atoms with Gasteiger partial charge in [-0.1, -0.05) is 17.4 Å². The number of thiazole rings is 1. The molecule has 1 heterocycles. The van der Waals surface area contributed by atoms with Gasteiger partial charge in [0.15, 0.2) is 10.8 Å². The predicted octanol–water partition coefficient (Wildman–Crippen LogP) is 4.50. The summed E-state index contributed by atoms with van der Waals surface area (Å²) in [5, 5.41) is 10.7. The number of alkyl halides is 6. The van der Waals surface area contributed by atoms with Crippen LogP contribution in [-0.2, 0) is 6.18 Å². The zero-order valence-corrected chi connectivity index (χ0v) is 12.0. The van der Waals surface area contributed by atoms with Gasteiger partial charge in [0.25, 0.3) is 0 Å². The van der Waals surface area contributed by atoms with Crippen LogP contribution >= 0.6 is 11.3 Å². The topological polar surface area (TPSA) is 71.5 Å². The molecule has 0 radical (unpaired) electrons. The maximum Gasteiger partial charge on any atom is 0.573 e. The minimum Gasteiger partial charge on any atom is -0.477 e. The Labute approximate surface area is 133 Å². The van der Waals surface area contributed by atoms with E-state index in [2.05, 4.69) is 15.0 Å². The van der Waals surface area contributed by atoms with Gasteiger partial charge in [-0.25, -0.2) is 9.78 Å². The molecular weight excluding hydrogens is 366 g/mol. The number of carboxylic acids is 1. The molecule has 12 heteroatoms. The van der Waals surface area contributed by atoms with Gasteiger partial charge in [-0.3, -0.25) is 0 Å². The van der Waals surface area contributed by atoms with Crippen LogP contribution in [0.15, 0.2) is 24.3 Å². The van der Waals surface area contributed by atoms with Crippen molar-refractivity contribution in [2.75, 3.05) is 5.32 Å². The molecule has 0 saturated heterocycles. The lowest BCUT2D eigenvalue weighted by Crippen LogP contribution is -2.17. The smallest absolute Gasteiger partial charge is 0.477 e. The predicted molar refractivity (Wildman–Crippen MR) is 70.5 cm³/mol. The van der Waals surface area contributed by atoms with E-state index in [1.807, 2.05) is 0 Å². The highest BCUT2D eigenvalue weighted by Gasteiger charge is 2.39. The van der Waals surface area contributed by atoms with E-state index in [0.717, 1.165) is 12.1 Å². The van der Waals surface area contributed by atoms with Gasteiger partial charge in [-0.2, -0.15) is 13.2 Å². The first-order chi connectivity index (χ1) is 11.0. The van der Waals surface area contributed by atoms with Gasteiger partial charge in [-0.15, -0.1) is 13.2 Å². The van der Waals surface area contributed by atoms with Crippen molar-refractivity contribution in [1.82, 2.24) is 4.98 Å². The second kappa shape index (κ2) is 6.19. The number of aromatic nitrogens is 1. The molecule has 0 aliphatic carbocycles. The van der Waals surface area contributed by atoms with Crippen LogP contribution < -0.4 is 10.1 Å². The summed E-state index contributed by atoms with van der Waals surface area (Å²) in [6.45, 7) is 0. The summed E-state index contributed by atoms with van der Waals surface area (Å²) in [5.41, 5.74) is -1.65. The number of nitrogens with one attached hydrogen (secondary N) is 1. The molecule has 1 aromatic heterocycles. The van der Waals surface area contributed by atoms with E-state index in [4.69, 9.17) is 5.11 Å². The average Bonchev–Trinajstić information content (AvgIpc) is 2.81. The molecule has 0 fully saturated rings. The van der Waals surface area contributed by atoms with Gasteiger partial charge < -0.3 is 15.2 Å². The summed E-state index contributed by atoms with van der Waals surface area (Å²) in [6.07, 6.45) is -9.91. The summed E-state index contributed by atoms with van der Waals surface area (Å²) < 4.78 is 78.2. The average molecular weight is 372 g/mol. The van der Waals surface area contributed by atoms with E-state index in [1.54, 1.807) is 0 Å². The molecule has 2 N–H and O–H groups in total. The highest BCUT2D eigenvalue weighted by molar-refractivity contribution is 7.17. The third kappa shape index (κ3) is 4.50. The first kappa shape index (κ1) is 17.8. The summed E-state index contributed by atoms with van der Waals surface area (Å²) in [5.74, 6) is -2.42. The number of hydrogen-bond donors (Lipinski definition) is 2. The monoisotopic (exact) mass is 372 g/mol. The summed E-state index contributed by atoms with van der Waals surface area (Å²) in [6, 6.07) is 4.28.